The summed E-state index contributed by atoms with van der Waals surface area (Å²) >= 11 is 0. The number of rotatable bonds is 5. The highest BCUT2D eigenvalue weighted by molar-refractivity contribution is 5.08. The molecule has 0 aliphatic carbocycles. The monoisotopic (exact) mass is 291 g/mol. The Morgan fingerprint density at radius 2 is 2.43 bits per heavy atom. The van der Waals surface area contributed by atoms with Crippen LogP contribution in [0.2, 0.25) is 0 Å². The van der Waals surface area contributed by atoms with E-state index in [1.807, 2.05) is 12.3 Å². The van der Waals surface area contributed by atoms with E-state index < -0.39 is 0 Å². The zero-order valence-electron chi connectivity index (χ0n) is 12.8. The molecule has 116 valence electrons. The van der Waals surface area contributed by atoms with Crippen molar-refractivity contribution >= 4 is 0 Å². The average molecular weight is 291 g/mol. The number of ether oxygens (including phenoxy) is 2. The minimum absolute atomic E-state index is 0.0535. The Kier molecular flexibility index (Phi) is 4.83. The van der Waals surface area contributed by atoms with Gasteiger partial charge in [-0.2, -0.15) is 0 Å². The molecule has 3 heterocycles. The molecule has 2 fully saturated rings. The maximum atomic E-state index is 6.06. The first-order chi connectivity index (χ1) is 10.3. The highest BCUT2D eigenvalue weighted by Gasteiger charge is 2.43. The summed E-state index contributed by atoms with van der Waals surface area (Å²) in [6.07, 6.45) is 7.75. The molecule has 1 aromatic rings. The van der Waals surface area contributed by atoms with Crippen LogP contribution in [-0.4, -0.2) is 41.9 Å². The summed E-state index contributed by atoms with van der Waals surface area (Å²) < 4.78 is 11.6. The van der Waals surface area contributed by atoms with Gasteiger partial charge in [0.15, 0.2) is 0 Å². The van der Waals surface area contributed by atoms with Gasteiger partial charge >= 0.3 is 0 Å². The van der Waals surface area contributed by atoms with Crippen LogP contribution in [0.15, 0.2) is 18.6 Å². The Labute approximate surface area is 126 Å². The molecule has 0 saturated carbocycles. The quantitative estimate of drug-likeness (QED) is 0.900. The maximum absolute atomic E-state index is 6.06. The van der Waals surface area contributed by atoms with Crippen LogP contribution in [0.3, 0.4) is 0 Å². The third-order valence-corrected chi connectivity index (χ3v) is 4.61. The van der Waals surface area contributed by atoms with Crippen LogP contribution in [-0.2, 0) is 9.47 Å². The first-order valence-corrected chi connectivity index (χ1v) is 8.04. The highest BCUT2D eigenvalue weighted by atomic mass is 16.6. The molecule has 5 nitrogen and oxygen atoms in total. The molecule has 3 unspecified atom stereocenters. The van der Waals surface area contributed by atoms with E-state index in [0.29, 0.717) is 5.92 Å². The zero-order chi connectivity index (χ0) is 14.5. The van der Waals surface area contributed by atoms with Crippen molar-refractivity contribution < 1.29 is 9.47 Å². The van der Waals surface area contributed by atoms with Crippen molar-refractivity contribution in [1.82, 2.24) is 15.3 Å². The number of nitrogens with one attached hydrogen (secondary N) is 1. The standard InChI is InChI=1S/C16H25N3O2/c1-2-6-18-15(14-3-7-17-12-19-14)13-4-8-21-16(10-13)5-9-20-11-16/h3,7,12-13,15,18H,2,4-6,8-11H2,1H3. The second kappa shape index (κ2) is 6.81. The summed E-state index contributed by atoms with van der Waals surface area (Å²) in [5.41, 5.74) is 1.04. The second-order valence-electron chi connectivity index (χ2n) is 6.15. The third kappa shape index (κ3) is 3.42. The van der Waals surface area contributed by atoms with Crippen LogP contribution in [0.1, 0.15) is 44.3 Å². The number of hydrogen-bond donors (Lipinski definition) is 1. The normalized spacial score (nSPS) is 30.6. The average Bonchev–Trinajstić information content (AvgIpc) is 2.97. The molecule has 0 bridgehead atoms. The number of aromatic nitrogens is 2. The fourth-order valence-corrected chi connectivity index (χ4v) is 3.51. The molecule has 3 atom stereocenters. The largest absolute Gasteiger partial charge is 0.378 e. The molecule has 0 amide bonds. The van der Waals surface area contributed by atoms with E-state index in [1.54, 1.807) is 6.33 Å². The van der Waals surface area contributed by atoms with E-state index in [4.69, 9.17) is 9.47 Å². The molecule has 5 heteroatoms. The van der Waals surface area contributed by atoms with Gasteiger partial charge in [-0.25, -0.2) is 9.97 Å². The van der Waals surface area contributed by atoms with Crippen molar-refractivity contribution in [3.8, 4) is 0 Å². The zero-order valence-corrected chi connectivity index (χ0v) is 12.8. The maximum Gasteiger partial charge on any atom is 0.115 e. The van der Waals surface area contributed by atoms with Crippen LogP contribution in [0.25, 0.3) is 0 Å². The first-order valence-electron chi connectivity index (χ1n) is 8.04. The molecule has 2 saturated heterocycles. The number of nitrogens with zero attached hydrogens (tertiary/aromatic N) is 2. The SMILES string of the molecule is CCCNC(c1ccncn1)C1CCOC2(CCOC2)C1. The highest BCUT2D eigenvalue weighted by Crippen LogP contribution is 2.40. The molecule has 1 spiro atoms. The fourth-order valence-electron chi connectivity index (χ4n) is 3.51. The minimum Gasteiger partial charge on any atom is -0.378 e. The lowest BCUT2D eigenvalue weighted by Crippen LogP contribution is -2.44. The van der Waals surface area contributed by atoms with Crippen molar-refractivity contribution in [3.05, 3.63) is 24.3 Å². The Balaban J connectivity index is 1.75. The van der Waals surface area contributed by atoms with Crippen molar-refractivity contribution in [2.45, 2.75) is 44.2 Å². The Morgan fingerprint density at radius 3 is 3.14 bits per heavy atom. The summed E-state index contributed by atoms with van der Waals surface area (Å²) in [6, 6.07) is 2.31. The summed E-state index contributed by atoms with van der Waals surface area (Å²) in [5, 5.41) is 3.68. The molecule has 21 heavy (non-hydrogen) atoms. The van der Waals surface area contributed by atoms with Gasteiger partial charge in [0.2, 0.25) is 0 Å². The van der Waals surface area contributed by atoms with E-state index >= 15 is 0 Å². The van der Waals surface area contributed by atoms with Gasteiger partial charge in [-0.15, -0.1) is 0 Å². The predicted octanol–water partition coefficient (Wildman–Crippen LogP) is 2.10. The topological polar surface area (TPSA) is 56.3 Å². The van der Waals surface area contributed by atoms with E-state index in [1.165, 1.54) is 0 Å². The van der Waals surface area contributed by atoms with Gasteiger partial charge in [0.05, 0.1) is 23.9 Å². The molecule has 2 aliphatic rings. The molecule has 2 aliphatic heterocycles. The van der Waals surface area contributed by atoms with Crippen LogP contribution in [0, 0.1) is 5.92 Å². The Hall–Kier alpha value is -1.04. The van der Waals surface area contributed by atoms with Crippen LogP contribution in [0.5, 0.6) is 0 Å². The van der Waals surface area contributed by atoms with Crippen molar-refractivity contribution in [3.63, 3.8) is 0 Å². The van der Waals surface area contributed by atoms with Gasteiger partial charge in [-0.1, -0.05) is 6.92 Å². The summed E-state index contributed by atoms with van der Waals surface area (Å²) in [4.78, 5) is 8.52. The lowest BCUT2D eigenvalue weighted by atomic mass is 9.80. The lowest BCUT2D eigenvalue weighted by Gasteiger charge is -2.40. The molecule has 1 aromatic heterocycles. The third-order valence-electron chi connectivity index (χ3n) is 4.61. The molecule has 0 radical (unpaired) electrons. The summed E-state index contributed by atoms with van der Waals surface area (Å²) in [5.74, 6) is 0.543. The van der Waals surface area contributed by atoms with Crippen LogP contribution in [0.4, 0.5) is 0 Å². The molecule has 3 rings (SSSR count). The molecule has 0 aromatic carbocycles. The second-order valence-corrected chi connectivity index (χ2v) is 6.15. The molecule has 1 N–H and O–H groups in total. The minimum atomic E-state index is -0.0535. The van der Waals surface area contributed by atoms with Gasteiger partial charge < -0.3 is 14.8 Å². The van der Waals surface area contributed by atoms with E-state index in [9.17, 15) is 0 Å². The smallest absolute Gasteiger partial charge is 0.115 e. The Morgan fingerprint density at radius 1 is 1.48 bits per heavy atom. The van der Waals surface area contributed by atoms with Gasteiger partial charge in [0.25, 0.3) is 0 Å². The van der Waals surface area contributed by atoms with E-state index in [-0.39, 0.29) is 11.6 Å². The number of hydrogen-bond acceptors (Lipinski definition) is 5. The van der Waals surface area contributed by atoms with E-state index in [2.05, 4.69) is 22.2 Å². The predicted molar refractivity (Wildman–Crippen MR) is 79.9 cm³/mol. The van der Waals surface area contributed by atoms with Crippen molar-refractivity contribution in [2.24, 2.45) is 5.92 Å². The van der Waals surface area contributed by atoms with Crippen molar-refractivity contribution in [1.29, 1.82) is 0 Å². The summed E-state index contributed by atoms with van der Waals surface area (Å²) in [6.45, 7) is 5.60. The molecular weight excluding hydrogens is 266 g/mol. The van der Waals surface area contributed by atoms with E-state index in [0.717, 1.165) is 57.7 Å². The first kappa shape index (κ1) is 14.9. The van der Waals surface area contributed by atoms with Gasteiger partial charge in [0, 0.05) is 25.8 Å². The lowest BCUT2D eigenvalue weighted by molar-refractivity contribution is -0.103. The Bertz CT molecular complexity index is 434. The molecular formula is C16H25N3O2. The van der Waals surface area contributed by atoms with Gasteiger partial charge in [0.1, 0.15) is 6.33 Å². The van der Waals surface area contributed by atoms with Crippen LogP contribution >= 0.6 is 0 Å². The fraction of sp³-hybridized carbons (Fsp3) is 0.750. The summed E-state index contributed by atoms with van der Waals surface area (Å²) in [7, 11) is 0. The van der Waals surface area contributed by atoms with Gasteiger partial charge in [-0.05, 0) is 37.8 Å². The van der Waals surface area contributed by atoms with Crippen LogP contribution < -0.4 is 5.32 Å². The van der Waals surface area contributed by atoms with Gasteiger partial charge in [-0.3, -0.25) is 0 Å². The van der Waals surface area contributed by atoms with Crippen molar-refractivity contribution in [2.75, 3.05) is 26.4 Å².